The van der Waals surface area contributed by atoms with Gasteiger partial charge in [0.25, 0.3) is 0 Å². The van der Waals surface area contributed by atoms with Crippen molar-refractivity contribution in [2.24, 2.45) is 0 Å². The number of H-pyrrole nitrogens is 1. The summed E-state index contributed by atoms with van der Waals surface area (Å²) in [7, 11) is 0. The Balaban J connectivity index is 2.06. The third kappa shape index (κ3) is 3.30. The van der Waals surface area contributed by atoms with Crippen molar-refractivity contribution < 1.29 is 4.74 Å². The Bertz CT molecular complexity index is 578. The molecule has 0 aliphatic carbocycles. The summed E-state index contributed by atoms with van der Waals surface area (Å²) in [5.74, 6) is 1.04. The molecule has 0 bridgehead atoms. The van der Waals surface area contributed by atoms with Crippen molar-refractivity contribution in [2.75, 3.05) is 11.9 Å². The molecule has 0 amide bonds. The number of aromatic amines is 1. The van der Waals surface area contributed by atoms with Gasteiger partial charge in [0, 0.05) is 22.8 Å². The lowest BCUT2D eigenvalue weighted by Crippen LogP contribution is -2.07. The number of rotatable bonds is 5. The second-order valence-electron chi connectivity index (χ2n) is 3.63. The lowest BCUT2D eigenvalue weighted by atomic mass is 10.4. The molecule has 0 fully saturated rings. The average Bonchev–Trinajstić information content (AvgIpc) is 2.72. The van der Waals surface area contributed by atoms with Gasteiger partial charge in [-0.3, -0.25) is 4.79 Å². The molecule has 96 valence electrons. The minimum Gasteiger partial charge on any atom is -0.478 e. The first-order valence-corrected chi connectivity index (χ1v) is 6.44. The van der Waals surface area contributed by atoms with Crippen LogP contribution < -0.4 is 14.9 Å². The minimum absolute atomic E-state index is 0.0630. The van der Waals surface area contributed by atoms with E-state index in [1.165, 1.54) is 0 Å². The van der Waals surface area contributed by atoms with Gasteiger partial charge in [0.1, 0.15) is 0 Å². The third-order valence-electron chi connectivity index (χ3n) is 2.13. The Morgan fingerprint density at radius 2 is 2.33 bits per heavy atom. The summed E-state index contributed by atoms with van der Waals surface area (Å²) in [5, 5.41) is 4.82. The molecule has 2 aromatic rings. The maximum absolute atomic E-state index is 11.0. The molecule has 2 rings (SSSR count). The zero-order valence-corrected chi connectivity index (χ0v) is 11.0. The fourth-order valence-electron chi connectivity index (χ4n) is 1.42. The third-order valence-corrected chi connectivity index (χ3v) is 2.85. The molecule has 0 radical (unpaired) electrons. The van der Waals surface area contributed by atoms with Gasteiger partial charge < -0.3 is 15.0 Å². The Morgan fingerprint density at radius 3 is 3.00 bits per heavy atom. The van der Waals surface area contributed by atoms with Crippen LogP contribution in [0.4, 0.5) is 5.95 Å². The molecule has 0 atom stereocenters. The first kappa shape index (κ1) is 12.6. The summed E-state index contributed by atoms with van der Waals surface area (Å²) in [4.78, 5) is 22.1. The summed E-state index contributed by atoms with van der Waals surface area (Å²) < 4.78 is 5.34. The van der Waals surface area contributed by atoms with E-state index in [4.69, 9.17) is 4.74 Å². The van der Waals surface area contributed by atoms with Crippen LogP contribution >= 0.6 is 11.3 Å². The Hall–Kier alpha value is -1.89. The standard InChI is InChI=1S/C11H14N4O2S/c1-3-17-9-4-7(2)13-10(15-9)12-5-8-6-18-11(16)14-8/h4,6H,3,5H2,1-2H3,(H,14,16)(H,12,13,15). The highest BCUT2D eigenvalue weighted by molar-refractivity contribution is 7.07. The predicted octanol–water partition coefficient (Wildman–Crippen LogP) is 1.55. The van der Waals surface area contributed by atoms with Gasteiger partial charge in [-0.05, 0) is 13.8 Å². The van der Waals surface area contributed by atoms with Gasteiger partial charge in [-0.25, -0.2) is 4.98 Å². The summed E-state index contributed by atoms with van der Waals surface area (Å²) in [6.45, 7) is 4.82. The first-order valence-electron chi connectivity index (χ1n) is 5.56. The van der Waals surface area contributed by atoms with Gasteiger partial charge in [0.15, 0.2) is 0 Å². The summed E-state index contributed by atoms with van der Waals surface area (Å²) in [6.07, 6.45) is 0. The number of nitrogens with one attached hydrogen (secondary N) is 2. The van der Waals surface area contributed by atoms with Crippen LogP contribution in [0.2, 0.25) is 0 Å². The molecule has 0 saturated carbocycles. The lowest BCUT2D eigenvalue weighted by molar-refractivity contribution is 0.326. The van der Waals surface area contributed by atoms with Crippen molar-refractivity contribution in [2.45, 2.75) is 20.4 Å². The van der Waals surface area contributed by atoms with E-state index in [0.29, 0.717) is 25.0 Å². The van der Waals surface area contributed by atoms with E-state index in [2.05, 4.69) is 20.3 Å². The van der Waals surface area contributed by atoms with Gasteiger partial charge in [-0.1, -0.05) is 11.3 Å². The highest BCUT2D eigenvalue weighted by Gasteiger charge is 2.03. The largest absolute Gasteiger partial charge is 0.478 e. The van der Waals surface area contributed by atoms with Crippen molar-refractivity contribution in [3.8, 4) is 5.88 Å². The zero-order valence-electron chi connectivity index (χ0n) is 10.2. The van der Waals surface area contributed by atoms with Crippen molar-refractivity contribution in [3.05, 3.63) is 32.5 Å². The fraction of sp³-hybridized carbons (Fsp3) is 0.364. The lowest BCUT2D eigenvalue weighted by Gasteiger charge is -2.07. The van der Waals surface area contributed by atoms with Gasteiger partial charge in [0.05, 0.1) is 13.2 Å². The number of anilines is 1. The van der Waals surface area contributed by atoms with Crippen molar-refractivity contribution in [1.29, 1.82) is 0 Å². The number of hydrogen-bond acceptors (Lipinski definition) is 6. The molecular weight excluding hydrogens is 252 g/mol. The van der Waals surface area contributed by atoms with Crippen LogP contribution in [0.1, 0.15) is 18.3 Å². The maximum Gasteiger partial charge on any atom is 0.304 e. The van der Waals surface area contributed by atoms with E-state index >= 15 is 0 Å². The van der Waals surface area contributed by atoms with E-state index in [9.17, 15) is 4.79 Å². The molecule has 0 unspecified atom stereocenters. The summed E-state index contributed by atoms with van der Waals surface area (Å²) in [5.41, 5.74) is 1.64. The van der Waals surface area contributed by atoms with Crippen molar-refractivity contribution >= 4 is 17.3 Å². The fourth-order valence-corrected chi connectivity index (χ4v) is 2.00. The van der Waals surface area contributed by atoms with E-state index in [0.717, 1.165) is 22.7 Å². The highest BCUT2D eigenvalue weighted by Crippen LogP contribution is 2.12. The average molecular weight is 266 g/mol. The molecule has 2 N–H and O–H groups in total. The van der Waals surface area contributed by atoms with Crippen LogP contribution in [-0.2, 0) is 6.54 Å². The molecule has 0 aliphatic heterocycles. The van der Waals surface area contributed by atoms with E-state index in [1.807, 2.05) is 13.8 Å². The van der Waals surface area contributed by atoms with Crippen LogP contribution in [0.25, 0.3) is 0 Å². The molecule has 0 saturated heterocycles. The minimum atomic E-state index is -0.0630. The molecule has 0 aliphatic rings. The van der Waals surface area contributed by atoms with E-state index < -0.39 is 0 Å². The predicted molar refractivity (Wildman–Crippen MR) is 70.2 cm³/mol. The molecule has 0 aromatic carbocycles. The Morgan fingerprint density at radius 1 is 1.50 bits per heavy atom. The van der Waals surface area contributed by atoms with Gasteiger partial charge in [-0.15, -0.1) is 0 Å². The topological polar surface area (TPSA) is 79.9 Å². The maximum atomic E-state index is 11.0. The van der Waals surface area contributed by atoms with E-state index in [-0.39, 0.29) is 4.87 Å². The summed E-state index contributed by atoms with van der Waals surface area (Å²) in [6, 6.07) is 1.78. The van der Waals surface area contributed by atoms with Crippen LogP contribution in [0.3, 0.4) is 0 Å². The molecule has 6 nitrogen and oxygen atoms in total. The number of nitrogens with zero attached hydrogens (tertiary/aromatic N) is 2. The molecule has 18 heavy (non-hydrogen) atoms. The second kappa shape index (κ2) is 5.63. The molecule has 2 aromatic heterocycles. The monoisotopic (exact) mass is 266 g/mol. The zero-order chi connectivity index (χ0) is 13.0. The van der Waals surface area contributed by atoms with Crippen LogP contribution in [-0.4, -0.2) is 21.6 Å². The number of thiazole rings is 1. The first-order chi connectivity index (χ1) is 8.67. The Kier molecular flexibility index (Phi) is 3.93. The SMILES string of the molecule is CCOc1cc(C)nc(NCc2csc(=O)[nH]2)n1. The molecule has 0 spiro atoms. The molecule has 7 heteroatoms. The number of aromatic nitrogens is 3. The van der Waals surface area contributed by atoms with Crippen LogP contribution in [0.5, 0.6) is 5.88 Å². The number of ether oxygens (including phenoxy) is 1. The van der Waals surface area contributed by atoms with Crippen LogP contribution in [0.15, 0.2) is 16.2 Å². The van der Waals surface area contributed by atoms with E-state index in [1.54, 1.807) is 11.4 Å². The van der Waals surface area contributed by atoms with Gasteiger partial charge in [0.2, 0.25) is 11.8 Å². The van der Waals surface area contributed by atoms with Crippen molar-refractivity contribution in [3.63, 3.8) is 0 Å². The second-order valence-corrected chi connectivity index (χ2v) is 4.47. The van der Waals surface area contributed by atoms with Crippen LogP contribution in [0, 0.1) is 6.92 Å². The number of aryl methyl sites for hydroxylation is 1. The quantitative estimate of drug-likeness (QED) is 0.858. The molecular formula is C11H14N4O2S. The number of hydrogen-bond donors (Lipinski definition) is 2. The smallest absolute Gasteiger partial charge is 0.304 e. The highest BCUT2D eigenvalue weighted by atomic mass is 32.1. The van der Waals surface area contributed by atoms with Gasteiger partial charge >= 0.3 is 4.87 Å². The Labute approximate surface area is 108 Å². The molecule has 2 heterocycles. The normalized spacial score (nSPS) is 10.3. The van der Waals surface area contributed by atoms with Gasteiger partial charge in [-0.2, -0.15) is 4.98 Å². The van der Waals surface area contributed by atoms with Crippen molar-refractivity contribution in [1.82, 2.24) is 15.0 Å². The summed E-state index contributed by atoms with van der Waals surface area (Å²) >= 11 is 1.14.